The van der Waals surface area contributed by atoms with Crippen LogP contribution in [-0.4, -0.2) is 0 Å². The number of fused-ring (bicyclic) bond motifs is 5. The summed E-state index contributed by atoms with van der Waals surface area (Å²) in [6.45, 7) is 0. The first-order valence-corrected chi connectivity index (χ1v) is 18.6. The van der Waals surface area contributed by atoms with Gasteiger partial charge in [-0.2, -0.15) is 0 Å². The molecule has 0 radical (unpaired) electrons. The van der Waals surface area contributed by atoms with Gasteiger partial charge in [-0.05, 0) is 121 Å². The van der Waals surface area contributed by atoms with Gasteiger partial charge in [-0.3, -0.25) is 0 Å². The Hall–Kier alpha value is -6.06. The van der Waals surface area contributed by atoms with E-state index in [1.54, 1.807) is 0 Å². The summed E-state index contributed by atoms with van der Waals surface area (Å²) in [5.41, 5.74) is 11.6. The molecule has 2 aliphatic rings. The predicted molar refractivity (Wildman–Crippen MR) is 216 cm³/mol. The lowest BCUT2D eigenvalue weighted by molar-refractivity contribution is 0.320. The second kappa shape index (κ2) is 12.6. The highest BCUT2D eigenvalue weighted by atomic mass is 16.3. The minimum Gasteiger partial charge on any atom is -0.456 e. The molecule has 0 N–H and O–H groups in total. The third-order valence-corrected chi connectivity index (χ3v) is 11.8. The minimum absolute atomic E-state index is 0.00263. The van der Waals surface area contributed by atoms with Crippen molar-refractivity contribution >= 4 is 56.1 Å². The van der Waals surface area contributed by atoms with E-state index in [1.807, 2.05) is 6.07 Å². The molecule has 3 heteroatoms. The van der Waals surface area contributed by atoms with Crippen molar-refractivity contribution in [2.45, 2.75) is 31.1 Å². The van der Waals surface area contributed by atoms with Crippen LogP contribution in [0.5, 0.6) is 0 Å². The molecule has 3 nitrogen and oxygen atoms in total. The first kappa shape index (κ1) is 30.7. The zero-order chi connectivity index (χ0) is 34.5. The predicted octanol–water partition coefficient (Wildman–Crippen LogP) is 13.6. The largest absolute Gasteiger partial charge is 0.456 e. The smallest absolute Gasteiger partial charge is 0.137 e. The maximum atomic E-state index is 6.34. The zero-order valence-electron chi connectivity index (χ0n) is 29.1. The van der Waals surface area contributed by atoms with Gasteiger partial charge in [0.2, 0.25) is 0 Å². The van der Waals surface area contributed by atoms with Crippen molar-refractivity contribution in [1.82, 2.24) is 0 Å². The molecule has 0 spiro atoms. The number of nitrogens with zero attached hydrogens (tertiary/aromatic N) is 2. The monoisotopic (exact) mass is 672 g/mol. The Morgan fingerprint density at radius 2 is 0.942 bits per heavy atom. The van der Waals surface area contributed by atoms with Gasteiger partial charge in [0.25, 0.3) is 0 Å². The highest BCUT2D eigenvalue weighted by Crippen LogP contribution is 2.60. The van der Waals surface area contributed by atoms with E-state index in [1.165, 1.54) is 42.5 Å². The van der Waals surface area contributed by atoms with Crippen molar-refractivity contribution in [2.75, 3.05) is 9.80 Å². The topological polar surface area (TPSA) is 19.6 Å². The number of benzene rings is 7. The van der Waals surface area contributed by atoms with E-state index < -0.39 is 0 Å². The lowest BCUT2D eigenvalue weighted by Gasteiger charge is -2.40. The third-order valence-electron chi connectivity index (χ3n) is 11.8. The molecule has 1 heterocycles. The van der Waals surface area contributed by atoms with Crippen LogP contribution in [0, 0.1) is 11.8 Å². The van der Waals surface area contributed by atoms with Crippen LogP contribution in [0.15, 0.2) is 186 Å². The van der Waals surface area contributed by atoms with E-state index in [0.29, 0.717) is 5.92 Å². The van der Waals surface area contributed by atoms with Crippen molar-refractivity contribution in [2.24, 2.45) is 11.8 Å². The van der Waals surface area contributed by atoms with E-state index in [2.05, 4.69) is 186 Å². The fourth-order valence-electron chi connectivity index (χ4n) is 9.57. The number of hydrogen-bond acceptors (Lipinski definition) is 3. The van der Waals surface area contributed by atoms with Gasteiger partial charge in [0.15, 0.2) is 0 Å². The molecule has 0 aliphatic heterocycles. The lowest BCUT2D eigenvalue weighted by atomic mass is 9.64. The van der Waals surface area contributed by atoms with Gasteiger partial charge in [-0.15, -0.1) is 0 Å². The quantitative estimate of drug-likeness (QED) is 0.160. The molecule has 3 unspecified atom stereocenters. The van der Waals surface area contributed by atoms with Gasteiger partial charge < -0.3 is 14.2 Å². The summed E-state index contributed by atoms with van der Waals surface area (Å²) in [6, 6.07) is 65.9. The number of hydrogen-bond donors (Lipinski definition) is 0. The minimum atomic E-state index is 0.00263. The number of para-hydroxylation sites is 4. The Morgan fingerprint density at radius 3 is 1.50 bits per heavy atom. The van der Waals surface area contributed by atoms with E-state index in [4.69, 9.17) is 4.42 Å². The first-order chi connectivity index (χ1) is 25.8. The van der Waals surface area contributed by atoms with Gasteiger partial charge in [-0.1, -0.05) is 110 Å². The first-order valence-electron chi connectivity index (χ1n) is 18.6. The molecule has 252 valence electrons. The molecule has 2 aliphatic carbocycles. The van der Waals surface area contributed by atoms with Crippen molar-refractivity contribution < 1.29 is 4.42 Å². The van der Waals surface area contributed by atoms with E-state index in [9.17, 15) is 0 Å². The maximum absolute atomic E-state index is 6.34. The Balaban J connectivity index is 1.06. The van der Waals surface area contributed by atoms with Crippen LogP contribution >= 0.6 is 0 Å². The SMILES string of the molecule is c1ccc(N(c2ccccc2)c2ccc(C3(c4ccc(N(c5ccccc5)c5cccc6oc7ccccc7c56)cc4)CC4CCC3C4)cc2)cc1. The molecule has 0 amide bonds. The van der Waals surface area contributed by atoms with E-state index >= 15 is 0 Å². The van der Waals surface area contributed by atoms with Crippen molar-refractivity contribution in [3.05, 3.63) is 193 Å². The third kappa shape index (κ3) is 5.03. The molecule has 2 fully saturated rings. The van der Waals surface area contributed by atoms with Gasteiger partial charge >= 0.3 is 0 Å². The molecule has 0 saturated heterocycles. The normalized spacial score (nSPS) is 19.3. The molecule has 52 heavy (non-hydrogen) atoms. The summed E-state index contributed by atoms with van der Waals surface area (Å²) in [5, 5.41) is 2.27. The summed E-state index contributed by atoms with van der Waals surface area (Å²) in [7, 11) is 0. The van der Waals surface area contributed by atoms with Gasteiger partial charge in [0.05, 0.1) is 11.1 Å². The molecule has 2 bridgehead atoms. The molecular formula is C49H40N2O. The van der Waals surface area contributed by atoms with Crippen LogP contribution in [0.3, 0.4) is 0 Å². The molecule has 1 aromatic heterocycles. The summed E-state index contributed by atoms with van der Waals surface area (Å²) < 4.78 is 6.34. The summed E-state index contributed by atoms with van der Waals surface area (Å²) >= 11 is 0. The van der Waals surface area contributed by atoms with Crippen LogP contribution in [0.1, 0.15) is 36.8 Å². The van der Waals surface area contributed by atoms with Crippen molar-refractivity contribution in [3.63, 3.8) is 0 Å². The fourth-order valence-corrected chi connectivity index (χ4v) is 9.57. The number of furan rings is 1. The summed E-state index contributed by atoms with van der Waals surface area (Å²) in [4.78, 5) is 4.74. The lowest BCUT2D eigenvalue weighted by Crippen LogP contribution is -2.34. The molecular weight excluding hydrogens is 633 g/mol. The average molecular weight is 673 g/mol. The van der Waals surface area contributed by atoms with Crippen LogP contribution < -0.4 is 9.80 Å². The Bertz CT molecular complexity index is 2430. The fraction of sp³-hybridized carbons (Fsp3) is 0.143. The van der Waals surface area contributed by atoms with Crippen LogP contribution in [0.4, 0.5) is 34.1 Å². The molecule has 3 atom stereocenters. The van der Waals surface area contributed by atoms with Crippen LogP contribution in [-0.2, 0) is 5.41 Å². The van der Waals surface area contributed by atoms with Crippen molar-refractivity contribution in [3.8, 4) is 0 Å². The van der Waals surface area contributed by atoms with Gasteiger partial charge in [0.1, 0.15) is 11.2 Å². The van der Waals surface area contributed by atoms with Gasteiger partial charge in [0, 0.05) is 39.2 Å². The summed E-state index contributed by atoms with van der Waals surface area (Å²) in [5.74, 6) is 1.42. The Morgan fingerprint density at radius 1 is 0.442 bits per heavy atom. The second-order valence-electron chi connectivity index (χ2n) is 14.6. The second-order valence-corrected chi connectivity index (χ2v) is 14.6. The average Bonchev–Trinajstić information content (AvgIpc) is 3.95. The van der Waals surface area contributed by atoms with Crippen molar-refractivity contribution in [1.29, 1.82) is 0 Å². The van der Waals surface area contributed by atoms with Gasteiger partial charge in [-0.25, -0.2) is 0 Å². The highest BCUT2D eigenvalue weighted by Gasteiger charge is 2.52. The number of rotatable bonds is 8. The zero-order valence-corrected chi connectivity index (χ0v) is 29.1. The molecule has 10 rings (SSSR count). The van der Waals surface area contributed by atoms with Crippen LogP contribution in [0.2, 0.25) is 0 Å². The molecule has 2 saturated carbocycles. The highest BCUT2D eigenvalue weighted by molar-refractivity contribution is 6.13. The Kier molecular flexibility index (Phi) is 7.46. The van der Waals surface area contributed by atoms with Crippen LogP contribution in [0.25, 0.3) is 21.9 Å². The summed E-state index contributed by atoms with van der Waals surface area (Å²) in [6.07, 6.45) is 5.17. The Labute approximate surface area is 305 Å². The van der Waals surface area contributed by atoms with E-state index in [-0.39, 0.29) is 5.41 Å². The number of anilines is 6. The molecule has 8 aromatic rings. The maximum Gasteiger partial charge on any atom is 0.137 e. The molecule has 7 aromatic carbocycles. The standard InChI is InChI=1S/C49H40N2O/c1-4-13-39(14-5-1)50(40-15-6-2-7-16-40)42-29-25-36(26-30-42)49(34-35-23-24-38(49)33-35)37-27-31-43(32-28-37)51(41-17-8-3-9-18-41)45-20-12-22-47-48(45)44-19-10-11-21-46(44)52-47/h1-22,25-32,35,38H,23-24,33-34H2. The van der Waals surface area contributed by atoms with E-state index in [0.717, 1.165) is 56.3 Å².